The molecule has 16 heavy (non-hydrogen) atoms. The Bertz CT molecular complexity index is 411. The van der Waals surface area contributed by atoms with Crippen molar-refractivity contribution in [2.45, 2.75) is 12.5 Å². The van der Waals surface area contributed by atoms with Gasteiger partial charge in [-0.05, 0) is 25.1 Å². The second kappa shape index (κ2) is 5.30. The van der Waals surface area contributed by atoms with Gasteiger partial charge >= 0.3 is 0 Å². The van der Waals surface area contributed by atoms with Gasteiger partial charge in [-0.3, -0.25) is 0 Å². The fourth-order valence-electron chi connectivity index (χ4n) is 1.17. The van der Waals surface area contributed by atoms with Crippen molar-refractivity contribution in [3.8, 4) is 6.07 Å². The highest BCUT2D eigenvalue weighted by molar-refractivity contribution is 9.10. The molecule has 0 amide bonds. The number of nitriles is 1. The number of aliphatic hydroxyl groups excluding tert-OH is 2. The second-order valence-corrected chi connectivity index (χ2v) is 4.72. The van der Waals surface area contributed by atoms with Crippen molar-refractivity contribution in [1.82, 2.24) is 0 Å². The Morgan fingerprint density at radius 2 is 2.06 bits per heavy atom. The lowest BCUT2D eigenvalue weighted by molar-refractivity contribution is 0.147. The van der Waals surface area contributed by atoms with Crippen molar-refractivity contribution >= 4 is 21.6 Å². The van der Waals surface area contributed by atoms with Crippen molar-refractivity contribution < 1.29 is 10.2 Å². The molecule has 3 N–H and O–H groups in total. The summed E-state index contributed by atoms with van der Waals surface area (Å²) in [6.45, 7) is 1.23. The van der Waals surface area contributed by atoms with E-state index in [9.17, 15) is 0 Å². The number of benzene rings is 1. The minimum absolute atomic E-state index is 0.221. The molecule has 0 saturated heterocycles. The molecule has 0 unspecified atom stereocenters. The first-order valence-electron chi connectivity index (χ1n) is 4.74. The highest BCUT2D eigenvalue weighted by atomic mass is 79.9. The maximum absolute atomic E-state index is 9.16. The van der Waals surface area contributed by atoms with E-state index in [1.807, 2.05) is 6.07 Å². The van der Waals surface area contributed by atoms with E-state index in [4.69, 9.17) is 15.5 Å². The number of anilines is 1. The molecule has 0 aromatic heterocycles. The molecule has 5 heteroatoms. The third kappa shape index (κ3) is 2.95. The normalized spacial score (nSPS) is 10.9. The summed E-state index contributed by atoms with van der Waals surface area (Å²) < 4.78 is 0.826. The highest BCUT2D eigenvalue weighted by Crippen LogP contribution is 2.23. The lowest BCUT2D eigenvalue weighted by Gasteiger charge is -2.28. The summed E-state index contributed by atoms with van der Waals surface area (Å²) in [6, 6.07) is 7.22. The van der Waals surface area contributed by atoms with Crippen LogP contribution in [-0.4, -0.2) is 29.0 Å². The van der Waals surface area contributed by atoms with E-state index in [0.29, 0.717) is 11.3 Å². The Balaban J connectivity index is 3.05. The zero-order valence-electron chi connectivity index (χ0n) is 8.87. The van der Waals surface area contributed by atoms with Crippen LogP contribution in [0.2, 0.25) is 0 Å². The largest absolute Gasteiger partial charge is 0.394 e. The fraction of sp³-hybridized carbons (Fsp3) is 0.364. The van der Waals surface area contributed by atoms with E-state index >= 15 is 0 Å². The summed E-state index contributed by atoms with van der Waals surface area (Å²) in [5.41, 5.74) is 0.214. The smallest absolute Gasteiger partial charge is 0.101 e. The first-order chi connectivity index (χ1) is 7.54. The predicted octanol–water partition coefficient (Wildman–Crippen LogP) is 1.48. The number of halogens is 1. The quantitative estimate of drug-likeness (QED) is 0.783. The summed E-state index contributed by atoms with van der Waals surface area (Å²) >= 11 is 3.30. The van der Waals surface area contributed by atoms with Crippen LogP contribution in [0.15, 0.2) is 22.7 Å². The van der Waals surface area contributed by atoms with E-state index in [0.717, 1.165) is 4.47 Å². The Labute approximate surface area is 103 Å². The highest BCUT2D eigenvalue weighted by Gasteiger charge is 2.23. The summed E-state index contributed by atoms with van der Waals surface area (Å²) in [5.74, 6) is 0. The van der Waals surface area contributed by atoms with Crippen molar-refractivity contribution in [2.24, 2.45) is 0 Å². The molecule has 0 atom stereocenters. The first-order valence-corrected chi connectivity index (χ1v) is 5.53. The van der Waals surface area contributed by atoms with Gasteiger partial charge in [0.2, 0.25) is 0 Å². The van der Waals surface area contributed by atoms with Crippen LogP contribution >= 0.6 is 15.9 Å². The molecular weight excluding hydrogens is 272 g/mol. The number of nitrogens with zero attached hydrogens (tertiary/aromatic N) is 1. The summed E-state index contributed by atoms with van der Waals surface area (Å²) in [5, 5.41) is 30.2. The molecule has 1 aromatic rings. The van der Waals surface area contributed by atoms with Crippen LogP contribution in [0.25, 0.3) is 0 Å². The molecule has 0 fully saturated rings. The Morgan fingerprint density at radius 3 is 2.56 bits per heavy atom. The van der Waals surface area contributed by atoms with Gasteiger partial charge in [0.15, 0.2) is 0 Å². The number of hydrogen-bond acceptors (Lipinski definition) is 4. The number of nitrogens with one attached hydrogen (secondary N) is 1. The van der Waals surface area contributed by atoms with Crippen LogP contribution in [-0.2, 0) is 0 Å². The number of aliphatic hydroxyl groups is 2. The molecule has 0 heterocycles. The van der Waals surface area contributed by atoms with Crippen molar-refractivity contribution in [3.63, 3.8) is 0 Å². The van der Waals surface area contributed by atoms with E-state index < -0.39 is 5.54 Å². The zero-order chi connectivity index (χ0) is 12.2. The SMILES string of the molecule is CC(CO)(CO)Nc1cc(Br)ccc1C#N. The Kier molecular flexibility index (Phi) is 4.30. The molecule has 0 spiro atoms. The Morgan fingerprint density at radius 1 is 1.44 bits per heavy atom. The molecule has 86 valence electrons. The number of hydrogen-bond donors (Lipinski definition) is 3. The van der Waals surface area contributed by atoms with Gasteiger partial charge in [0.25, 0.3) is 0 Å². The van der Waals surface area contributed by atoms with Crippen molar-refractivity contribution in [3.05, 3.63) is 28.2 Å². The molecular formula is C11H13BrN2O2. The molecule has 0 saturated carbocycles. The van der Waals surface area contributed by atoms with Gasteiger partial charge in [0.05, 0.1) is 30.0 Å². The van der Waals surface area contributed by atoms with Gasteiger partial charge < -0.3 is 15.5 Å². The monoisotopic (exact) mass is 284 g/mol. The molecule has 0 aliphatic rings. The third-order valence-corrected chi connectivity index (χ3v) is 2.73. The minimum Gasteiger partial charge on any atom is -0.394 e. The van der Waals surface area contributed by atoms with Gasteiger partial charge in [-0.25, -0.2) is 0 Å². The zero-order valence-corrected chi connectivity index (χ0v) is 10.5. The summed E-state index contributed by atoms with van der Waals surface area (Å²) in [7, 11) is 0. The molecule has 0 bridgehead atoms. The lowest BCUT2D eigenvalue weighted by atomic mass is 10.0. The predicted molar refractivity (Wildman–Crippen MR) is 65.1 cm³/mol. The fourth-order valence-corrected chi connectivity index (χ4v) is 1.53. The van der Waals surface area contributed by atoms with E-state index in [-0.39, 0.29) is 13.2 Å². The van der Waals surface area contributed by atoms with Crippen LogP contribution < -0.4 is 5.32 Å². The van der Waals surface area contributed by atoms with E-state index in [1.165, 1.54) is 0 Å². The van der Waals surface area contributed by atoms with Gasteiger partial charge in [0.1, 0.15) is 6.07 Å². The van der Waals surface area contributed by atoms with Crippen molar-refractivity contribution in [2.75, 3.05) is 18.5 Å². The summed E-state index contributed by atoms with van der Waals surface area (Å²) in [4.78, 5) is 0. The standard InChI is InChI=1S/C11H13BrN2O2/c1-11(6-15,7-16)14-10-4-9(12)3-2-8(10)5-13/h2-4,14-16H,6-7H2,1H3. The van der Waals surface area contributed by atoms with Gasteiger partial charge in [-0.15, -0.1) is 0 Å². The van der Waals surface area contributed by atoms with Gasteiger partial charge in [-0.1, -0.05) is 15.9 Å². The maximum Gasteiger partial charge on any atom is 0.101 e. The van der Waals surface area contributed by atoms with Crippen LogP contribution in [0.3, 0.4) is 0 Å². The van der Waals surface area contributed by atoms with Gasteiger partial charge in [-0.2, -0.15) is 5.26 Å². The average Bonchev–Trinajstić information content (AvgIpc) is 2.29. The third-order valence-electron chi connectivity index (χ3n) is 2.24. The molecule has 1 aromatic carbocycles. The van der Waals surface area contributed by atoms with Crippen LogP contribution in [0.1, 0.15) is 12.5 Å². The van der Waals surface area contributed by atoms with Gasteiger partial charge in [0, 0.05) is 4.47 Å². The number of rotatable bonds is 4. The Hall–Kier alpha value is -1.09. The van der Waals surface area contributed by atoms with Crippen LogP contribution in [0.4, 0.5) is 5.69 Å². The topological polar surface area (TPSA) is 76.3 Å². The van der Waals surface area contributed by atoms with E-state index in [1.54, 1.807) is 25.1 Å². The lowest BCUT2D eigenvalue weighted by Crippen LogP contribution is -2.42. The maximum atomic E-state index is 9.16. The molecule has 0 aliphatic heterocycles. The molecule has 0 radical (unpaired) electrons. The molecule has 4 nitrogen and oxygen atoms in total. The second-order valence-electron chi connectivity index (χ2n) is 3.80. The van der Waals surface area contributed by atoms with Crippen molar-refractivity contribution in [1.29, 1.82) is 5.26 Å². The van der Waals surface area contributed by atoms with E-state index in [2.05, 4.69) is 21.2 Å². The molecule has 1 rings (SSSR count). The van der Waals surface area contributed by atoms with Crippen LogP contribution in [0, 0.1) is 11.3 Å². The summed E-state index contributed by atoms with van der Waals surface area (Å²) in [6.07, 6.45) is 0. The minimum atomic E-state index is -0.841. The first kappa shape index (κ1) is 13.0. The molecule has 0 aliphatic carbocycles. The average molecular weight is 285 g/mol. The van der Waals surface area contributed by atoms with Crippen LogP contribution in [0.5, 0.6) is 0 Å².